The molecule has 1 radical (unpaired) electrons. The van der Waals surface area contributed by atoms with E-state index >= 15 is 0 Å². The van der Waals surface area contributed by atoms with Crippen molar-refractivity contribution in [2.24, 2.45) is 46.3 Å². The van der Waals surface area contributed by atoms with Crippen LogP contribution >= 0.6 is 0 Å². The number of likely N-dealkylation sites (N-methyl/N-ethyl adjacent to an activating group) is 1. The molecule has 215 valence electrons. The predicted octanol–water partition coefficient (Wildman–Crippen LogP) is 3.30. The molecule has 0 spiro atoms. The maximum Gasteiger partial charge on any atom is 0.337 e. The van der Waals surface area contributed by atoms with Crippen LogP contribution in [-0.2, 0) is 14.3 Å². The predicted molar refractivity (Wildman–Crippen MR) is 143 cm³/mol. The van der Waals surface area contributed by atoms with Gasteiger partial charge >= 0.3 is 5.97 Å². The minimum atomic E-state index is -1.31. The molecule has 3 aliphatic carbocycles. The molecule has 13 atom stereocenters. The molecule has 0 aromatic heterocycles. The topological polar surface area (TPSA) is 108 Å². The Bertz CT molecular complexity index is 970. The molecule has 0 aromatic carbocycles. The van der Waals surface area contributed by atoms with Crippen LogP contribution in [0.1, 0.15) is 75.7 Å². The minimum Gasteiger partial charge on any atom is -0.455 e. The van der Waals surface area contributed by atoms with Crippen molar-refractivity contribution in [1.29, 1.82) is 0 Å². The zero-order chi connectivity index (χ0) is 28.0. The van der Waals surface area contributed by atoms with E-state index in [1.54, 1.807) is 14.0 Å². The van der Waals surface area contributed by atoms with E-state index < -0.39 is 46.8 Å². The number of aliphatic hydroxyl groups excluding tert-OH is 1. The quantitative estimate of drug-likeness (QED) is 0.259. The number of carbonyl (C=O) groups excluding carboxylic acids is 1. The number of fused-ring (bicyclic) bond motifs is 5. The van der Waals surface area contributed by atoms with E-state index in [0.29, 0.717) is 5.92 Å². The Balaban J connectivity index is 0.00000400. The number of hydrogen-bond donors (Lipinski definition) is 4. The second-order valence-electron chi connectivity index (χ2n) is 13.9. The molecule has 4 aliphatic rings. The fourth-order valence-corrected chi connectivity index (χ4v) is 9.80. The summed E-state index contributed by atoms with van der Waals surface area (Å²) in [5.41, 5.74) is -1.03. The zero-order valence-corrected chi connectivity index (χ0v) is 30.1. The number of nitrogens with one attached hydrogen (secondary N) is 1. The summed E-state index contributed by atoms with van der Waals surface area (Å²) in [6.45, 7) is 21.4. The van der Waals surface area contributed by atoms with Gasteiger partial charge < -0.3 is 30.1 Å². The summed E-state index contributed by atoms with van der Waals surface area (Å²) >= 11 is 0. The molecule has 3 fully saturated rings. The van der Waals surface area contributed by atoms with Crippen LogP contribution in [0.4, 0.5) is 0 Å². The van der Waals surface area contributed by atoms with E-state index in [9.17, 15) is 20.1 Å². The Morgan fingerprint density at radius 1 is 1.08 bits per heavy atom. The first-order valence-electron chi connectivity index (χ1n) is 14.3. The molecule has 2 saturated carbocycles. The number of hydrogen-bond acceptors (Lipinski definition) is 7. The van der Waals surface area contributed by atoms with Gasteiger partial charge in [0.15, 0.2) is 6.10 Å². The summed E-state index contributed by atoms with van der Waals surface area (Å²) in [7, 11) is 1.69. The Hall–Kier alpha value is 0.452. The molecule has 8 heteroatoms. The zero-order valence-electron chi connectivity index (χ0n) is 25.3. The van der Waals surface area contributed by atoms with Gasteiger partial charge in [-0.1, -0.05) is 61.0 Å². The van der Waals surface area contributed by atoms with Crippen LogP contribution in [0.2, 0.25) is 0 Å². The molecule has 7 nitrogen and oxygen atoms in total. The van der Waals surface area contributed by atoms with Gasteiger partial charge in [0.2, 0.25) is 0 Å². The summed E-state index contributed by atoms with van der Waals surface area (Å²) in [5, 5.41) is 38.6. The van der Waals surface area contributed by atoms with Crippen molar-refractivity contribution < 1.29 is 73.7 Å². The SMILES string of the molecule is CNC(C)C(O)C(=O)OC1C(C)=C2C(C)C(C)[C@]3(C)C(C)CC4OCC4(O)C3[C@H](C)C(O)([C@H]1C)C2(C)C.[Ac]. The van der Waals surface area contributed by atoms with E-state index in [1.807, 2.05) is 13.8 Å². The Morgan fingerprint density at radius 2 is 1.66 bits per heavy atom. The molecule has 1 heterocycles. The average molecular weight is 749 g/mol. The maximum absolute atomic E-state index is 13.1. The minimum absolute atomic E-state index is 0. The van der Waals surface area contributed by atoms with Gasteiger partial charge in [-0.25, -0.2) is 4.79 Å². The van der Waals surface area contributed by atoms with Crippen molar-refractivity contribution in [3.05, 3.63) is 11.1 Å². The molecular weight excluding hydrogens is 697 g/mol. The van der Waals surface area contributed by atoms with Crippen molar-refractivity contribution in [2.75, 3.05) is 13.7 Å². The number of ether oxygens (including phenoxy) is 2. The number of carbonyl (C=O) groups is 1. The molecule has 1 aliphatic heterocycles. The first kappa shape index (κ1) is 33.0. The molecule has 0 aromatic rings. The fraction of sp³-hybridized carbons (Fsp3) is 0.900. The Kier molecular flexibility index (Phi) is 9.21. The van der Waals surface area contributed by atoms with Gasteiger partial charge in [-0.3, -0.25) is 0 Å². The van der Waals surface area contributed by atoms with Crippen molar-refractivity contribution >= 4 is 5.97 Å². The third kappa shape index (κ3) is 4.12. The summed E-state index contributed by atoms with van der Waals surface area (Å²) < 4.78 is 12.0. The summed E-state index contributed by atoms with van der Waals surface area (Å²) in [6, 6.07) is -0.462. The second kappa shape index (κ2) is 10.6. The molecule has 10 unspecified atom stereocenters. The first-order valence-corrected chi connectivity index (χ1v) is 14.3. The molecule has 38 heavy (non-hydrogen) atoms. The third-order valence-corrected chi connectivity index (χ3v) is 12.4. The molecule has 4 rings (SSSR count). The van der Waals surface area contributed by atoms with Crippen LogP contribution < -0.4 is 5.32 Å². The largest absolute Gasteiger partial charge is 0.455 e. The third-order valence-electron chi connectivity index (χ3n) is 12.4. The number of aliphatic hydroxyl groups is 3. The second-order valence-corrected chi connectivity index (χ2v) is 13.9. The van der Waals surface area contributed by atoms with Gasteiger partial charge in [0, 0.05) is 67.4 Å². The number of esters is 1. The van der Waals surface area contributed by atoms with Crippen LogP contribution in [0.15, 0.2) is 11.1 Å². The fourth-order valence-electron chi connectivity index (χ4n) is 9.80. The van der Waals surface area contributed by atoms with E-state index in [4.69, 9.17) is 9.47 Å². The average Bonchev–Trinajstić information content (AvgIpc) is 2.84. The van der Waals surface area contributed by atoms with E-state index in [0.717, 1.165) is 17.6 Å². The Morgan fingerprint density at radius 3 is 2.16 bits per heavy atom. The summed E-state index contributed by atoms with van der Waals surface area (Å²) in [4.78, 5) is 13.1. The van der Waals surface area contributed by atoms with Crippen LogP contribution in [0.3, 0.4) is 0 Å². The standard InChI is InChI=1S/C30H51NO6.Ac/c1-14-12-21-29(34,13-36-21)25-19(6)30(35)18(5)24(37-26(33)23(32)20(7)31-11)16(3)22(27(30,8)9)15(2)17(4)28(14,25)10;/h14-15,17-21,23-25,31-32,34-35H,12-13H2,1-11H3;/t14?,15?,17?,18-,19-,20?,21?,23?,24?,25?,28-,29?,30?;/m0./s1. The van der Waals surface area contributed by atoms with Gasteiger partial charge in [-0.15, -0.1) is 0 Å². The molecule has 1 saturated heterocycles. The van der Waals surface area contributed by atoms with E-state index in [1.165, 1.54) is 0 Å². The maximum atomic E-state index is 13.1. The van der Waals surface area contributed by atoms with Gasteiger partial charge in [-0.05, 0) is 62.0 Å². The van der Waals surface area contributed by atoms with Crippen LogP contribution in [0.5, 0.6) is 0 Å². The number of rotatable bonds is 4. The van der Waals surface area contributed by atoms with E-state index in [2.05, 4.69) is 53.8 Å². The van der Waals surface area contributed by atoms with Crippen molar-refractivity contribution in [1.82, 2.24) is 5.32 Å². The van der Waals surface area contributed by atoms with E-state index in [-0.39, 0.29) is 85.9 Å². The molecular formula is C30H51AcNO6. The Labute approximate surface area is 265 Å². The molecule has 4 N–H and O–H groups in total. The van der Waals surface area contributed by atoms with Gasteiger partial charge in [0.05, 0.1) is 18.3 Å². The molecule has 2 bridgehead atoms. The van der Waals surface area contributed by atoms with Gasteiger partial charge in [-0.2, -0.15) is 0 Å². The first-order chi connectivity index (χ1) is 16.9. The normalized spacial score (nSPS) is 49.2. The van der Waals surface area contributed by atoms with Crippen LogP contribution in [-0.4, -0.2) is 70.5 Å². The van der Waals surface area contributed by atoms with Crippen molar-refractivity contribution in [2.45, 2.75) is 111 Å². The van der Waals surface area contributed by atoms with Crippen LogP contribution in [0.25, 0.3) is 0 Å². The molecule has 0 amide bonds. The van der Waals surface area contributed by atoms with Gasteiger partial charge in [0.25, 0.3) is 0 Å². The van der Waals surface area contributed by atoms with Crippen LogP contribution in [0, 0.1) is 90.4 Å². The summed E-state index contributed by atoms with van der Waals surface area (Å²) in [6.07, 6.45) is -1.40. The smallest absolute Gasteiger partial charge is 0.337 e. The van der Waals surface area contributed by atoms with Gasteiger partial charge in [0.1, 0.15) is 11.7 Å². The van der Waals surface area contributed by atoms with Crippen molar-refractivity contribution in [3.8, 4) is 0 Å². The van der Waals surface area contributed by atoms with Crippen molar-refractivity contribution in [3.63, 3.8) is 0 Å². The summed E-state index contributed by atoms with van der Waals surface area (Å²) in [5.74, 6) is -1.05. The monoisotopic (exact) mass is 748 g/mol.